The van der Waals surface area contributed by atoms with Crippen LogP contribution in [0.4, 0.5) is 4.39 Å². The molecule has 1 aromatic carbocycles. The lowest BCUT2D eigenvalue weighted by molar-refractivity contribution is 0.134. The zero-order chi connectivity index (χ0) is 13.3. The summed E-state index contributed by atoms with van der Waals surface area (Å²) in [5.41, 5.74) is 1.25. The van der Waals surface area contributed by atoms with Crippen molar-refractivity contribution in [2.24, 2.45) is 5.92 Å². The van der Waals surface area contributed by atoms with Gasteiger partial charge in [-0.3, -0.25) is 0 Å². The van der Waals surface area contributed by atoms with Gasteiger partial charge in [0.15, 0.2) is 4.77 Å². The first kappa shape index (κ1) is 13.2. The average molecular weight is 268 g/mol. The maximum Gasteiger partial charge on any atom is 0.178 e. The van der Waals surface area contributed by atoms with Crippen molar-refractivity contribution >= 4 is 23.3 Å². The molecule has 0 spiro atoms. The Balaban J connectivity index is 2.66. The number of hydrogen-bond acceptors (Lipinski definition) is 2. The first-order valence-electron chi connectivity index (χ1n) is 5.94. The van der Waals surface area contributed by atoms with E-state index in [1.165, 1.54) is 6.07 Å². The van der Waals surface area contributed by atoms with Gasteiger partial charge in [0.1, 0.15) is 11.3 Å². The Morgan fingerprint density at radius 3 is 2.78 bits per heavy atom. The number of rotatable bonds is 4. The Labute approximate surface area is 111 Å². The average Bonchev–Trinajstić information content (AvgIpc) is 2.64. The molecule has 1 aromatic heterocycles. The molecule has 0 fully saturated rings. The summed E-state index contributed by atoms with van der Waals surface area (Å²) >= 11 is 5.31. The monoisotopic (exact) mass is 268 g/mol. The fraction of sp³-hybridized carbons (Fsp3) is 0.462. The van der Waals surface area contributed by atoms with Crippen LogP contribution in [0.15, 0.2) is 18.2 Å². The standard InChI is InChI=1S/C13H17FN2OS/c1-8(2)11(7-17-3)16-10-6-4-5-9(14)12(10)15-13(16)18/h4-6,8,11H,7H2,1-3H3,(H,15,18). The molecule has 3 nitrogen and oxygen atoms in total. The minimum Gasteiger partial charge on any atom is -0.383 e. The molecule has 5 heteroatoms. The molecule has 0 aliphatic carbocycles. The third-order valence-electron chi connectivity index (χ3n) is 3.14. The third kappa shape index (κ3) is 2.20. The van der Waals surface area contributed by atoms with Crippen molar-refractivity contribution in [2.75, 3.05) is 13.7 Å². The van der Waals surface area contributed by atoms with Crippen LogP contribution in [0, 0.1) is 16.5 Å². The summed E-state index contributed by atoms with van der Waals surface area (Å²) < 4.78 is 21.4. The van der Waals surface area contributed by atoms with E-state index in [0.717, 1.165) is 5.52 Å². The van der Waals surface area contributed by atoms with E-state index in [1.807, 2.05) is 10.6 Å². The minimum absolute atomic E-state index is 0.0954. The van der Waals surface area contributed by atoms with E-state index < -0.39 is 0 Å². The van der Waals surface area contributed by atoms with Crippen molar-refractivity contribution in [3.63, 3.8) is 0 Å². The quantitative estimate of drug-likeness (QED) is 0.857. The number of ether oxygens (including phenoxy) is 1. The molecule has 1 N–H and O–H groups in total. The molecule has 1 atom stereocenters. The van der Waals surface area contributed by atoms with Crippen LogP contribution in [0.2, 0.25) is 0 Å². The highest BCUT2D eigenvalue weighted by Gasteiger charge is 2.19. The number of benzene rings is 1. The summed E-state index contributed by atoms with van der Waals surface area (Å²) in [6.07, 6.45) is 0. The number of imidazole rings is 1. The topological polar surface area (TPSA) is 29.9 Å². The Hall–Kier alpha value is -1.20. The Morgan fingerprint density at radius 1 is 1.44 bits per heavy atom. The fourth-order valence-corrected chi connectivity index (χ4v) is 2.51. The van der Waals surface area contributed by atoms with Crippen LogP contribution in [-0.2, 0) is 4.74 Å². The molecule has 1 unspecified atom stereocenters. The summed E-state index contributed by atoms with van der Waals surface area (Å²) in [7, 11) is 1.66. The molecular weight excluding hydrogens is 251 g/mol. The number of para-hydroxylation sites is 1. The zero-order valence-corrected chi connectivity index (χ0v) is 11.6. The van der Waals surface area contributed by atoms with Crippen LogP contribution in [0.25, 0.3) is 11.0 Å². The molecule has 2 rings (SSSR count). The fourth-order valence-electron chi connectivity index (χ4n) is 2.18. The van der Waals surface area contributed by atoms with E-state index in [4.69, 9.17) is 17.0 Å². The summed E-state index contributed by atoms with van der Waals surface area (Å²) in [5, 5.41) is 0. The lowest BCUT2D eigenvalue weighted by Crippen LogP contribution is -2.20. The molecule has 0 saturated carbocycles. The number of fused-ring (bicyclic) bond motifs is 1. The molecule has 0 amide bonds. The molecule has 18 heavy (non-hydrogen) atoms. The number of aromatic nitrogens is 2. The van der Waals surface area contributed by atoms with Crippen molar-refractivity contribution in [3.8, 4) is 0 Å². The van der Waals surface area contributed by atoms with Gasteiger partial charge in [-0.05, 0) is 30.3 Å². The molecule has 0 aliphatic heterocycles. The third-order valence-corrected chi connectivity index (χ3v) is 3.44. The molecule has 98 valence electrons. The predicted octanol–water partition coefficient (Wildman–Crippen LogP) is 3.68. The number of aromatic amines is 1. The van der Waals surface area contributed by atoms with Crippen LogP contribution in [0.5, 0.6) is 0 Å². The summed E-state index contributed by atoms with van der Waals surface area (Å²) in [5.74, 6) is 0.0659. The van der Waals surface area contributed by atoms with Crippen LogP contribution >= 0.6 is 12.2 Å². The number of hydrogen-bond donors (Lipinski definition) is 1. The van der Waals surface area contributed by atoms with E-state index in [1.54, 1.807) is 13.2 Å². The maximum atomic E-state index is 13.7. The van der Waals surface area contributed by atoms with Gasteiger partial charge in [0.25, 0.3) is 0 Å². The Bertz CT molecular complexity index is 603. The highest BCUT2D eigenvalue weighted by atomic mass is 32.1. The van der Waals surface area contributed by atoms with Gasteiger partial charge < -0.3 is 14.3 Å². The highest BCUT2D eigenvalue weighted by Crippen LogP contribution is 2.26. The molecule has 0 bridgehead atoms. The molecular formula is C13H17FN2OS. The number of H-pyrrole nitrogens is 1. The van der Waals surface area contributed by atoms with E-state index in [9.17, 15) is 4.39 Å². The van der Waals surface area contributed by atoms with E-state index in [0.29, 0.717) is 22.8 Å². The lowest BCUT2D eigenvalue weighted by Gasteiger charge is -2.22. The van der Waals surface area contributed by atoms with Crippen molar-refractivity contribution in [2.45, 2.75) is 19.9 Å². The lowest BCUT2D eigenvalue weighted by atomic mass is 10.1. The zero-order valence-electron chi connectivity index (χ0n) is 10.7. The second-order valence-corrected chi connectivity index (χ2v) is 5.09. The van der Waals surface area contributed by atoms with Crippen molar-refractivity contribution in [1.29, 1.82) is 0 Å². The first-order valence-corrected chi connectivity index (χ1v) is 6.34. The predicted molar refractivity (Wildman–Crippen MR) is 72.8 cm³/mol. The van der Waals surface area contributed by atoms with Crippen LogP contribution < -0.4 is 0 Å². The van der Waals surface area contributed by atoms with Gasteiger partial charge in [0.2, 0.25) is 0 Å². The van der Waals surface area contributed by atoms with Crippen LogP contribution in [0.3, 0.4) is 0 Å². The summed E-state index contributed by atoms with van der Waals surface area (Å²) in [4.78, 5) is 2.94. The van der Waals surface area contributed by atoms with Gasteiger partial charge in [0, 0.05) is 7.11 Å². The normalized spacial score (nSPS) is 13.4. The minimum atomic E-state index is -0.280. The Kier molecular flexibility index (Phi) is 3.82. The van der Waals surface area contributed by atoms with Crippen LogP contribution in [0.1, 0.15) is 19.9 Å². The number of halogens is 1. The van der Waals surface area contributed by atoms with Gasteiger partial charge in [-0.1, -0.05) is 19.9 Å². The molecule has 0 aliphatic rings. The van der Waals surface area contributed by atoms with Crippen LogP contribution in [-0.4, -0.2) is 23.3 Å². The van der Waals surface area contributed by atoms with E-state index >= 15 is 0 Å². The van der Waals surface area contributed by atoms with Crippen molar-refractivity contribution in [3.05, 3.63) is 28.8 Å². The largest absolute Gasteiger partial charge is 0.383 e. The molecule has 2 aromatic rings. The van der Waals surface area contributed by atoms with Gasteiger partial charge in [-0.25, -0.2) is 4.39 Å². The first-order chi connectivity index (χ1) is 8.56. The van der Waals surface area contributed by atoms with Gasteiger partial charge >= 0.3 is 0 Å². The van der Waals surface area contributed by atoms with Gasteiger partial charge in [0.05, 0.1) is 18.2 Å². The number of nitrogens with one attached hydrogen (secondary N) is 1. The SMILES string of the molecule is COCC(C(C)C)n1c(=S)[nH]c2c(F)cccc21. The second kappa shape index (κ2) is 5.20. The molecule has 1 heterocycles. The van der Waals surface area contributed by atoms with E-state index in [-0.39, 0.29) is 11.9 Å². The number of nitrogens with zero attached hydrogens (tertiary/aromatic N) is 1. The molecule has 0 radical (unpaired) electrons. The highest BCUT2D eigenvalue weighted by molar-refractivity contribution is 7.71. The van der Waals surface area contributed by atoms with Gasteiger partial charge in [-0.15, -0.1) is 0 Å². The Morgan fingerprint density at radius 2 is 2.17 bits per heavy atom. The van der Waals surface area contributed by atoms with E-state index in [2.05, 4.69) is 18.8 Å². The maximum absolute atomic E-state index is 13.7. The smallest absolute Gasteiger partial charge is 0.178 e. The van der Waals surface area contributed by atoms with Gasteiger partial charge in [-0.2, -0.15) is 0 Å². The second-order valence-electron chi connectivity index (χ2n) is 4.70. The van der Waals surface area contributed by atoms with Crippen molar-refractivity contribution in [1.82, 2.24) is 9.55 Å². The van der Waals surface area contributed by atoms with Crippen molar-refractivity contribution < 1.29 is 9.13 Å². The number of methoxy groups -OCH3 is 1. The summed E-state index contributed by atoms with van der Waals surface area (Å²) in [6.45, 7) is 4.75. The molecule has 0 saturated heterocycles. The summed E-state index contributed by atoms with van der Waals surface area (Å²) in [6, 6.07) is 5.09.